The third-order valence-corrected chi connectivity index (χ3v) is 5.59. The lowest BCUT2D eigenvalue weighted by Gasteiger charge is -2.31. The molecule has 0 fully saturated rings. The molecular weight excluding hydrogens is 428 g/mol. The largest absolute Gasteiger partial charge is 0.497 e. The molecule has 6 heteroatoms. The maximum atomic E-state index is 13.6. The molecule has 0 spiro atoms. The van der Waals surface area contributed by atoms with Crippen molar-refractivity contribution in [1.82, 2.24) is 10.2 Å². The second kappa shape index (κ2) is 13.2. The van der Waals surface area contributed by atoms with Crippen LogP contribution in [0, 0.1) is 0 Å². The van der Waals surface area contributed by atoms with Crippen LogP contribution in [0.3, 0.4) is 0 Å². The molecule has 0 radical (unpaired) electrons. The second-order valence-corrected chi connectivity index (χ2v) is 8.02. The van der Waals surface area contributed by atoms with E-state index in [1.165, 1.54) is 0 Å². The number of hydrogen-bond donors (Lipinski definition) is 1. The van der Waals surface area contributed by atoms with Crippen molar-refractivity contribution < 1.29 is 19.1 Å². The number of carbonyl (C=O) groups excluding carboxylic acids is 2. The van der Waals surface area contributed by atoms with Crippen molar-refractivity contribution in [2.75, 3.05) is 27.4 Å². The maximum Gasteiger partial charge on any atom is 0.243 e. The summed E-state index contributed by atoms with van der Waals surface area (Å²) in [5.41, 5.74) is 2.82. The molecule has 0 saturated carbocycles. The van der Waals surface area contributed by atoms with Crippen LogP contribution in [0.4, 0.5) is 0 Å². The summed E-state index contributed by atoms with van der Waals surface area (Å²) in [7, 11) is 3.21. The van der Waals surface area contributed by atoms with Crippen molar-refractivity contribution in [2.24, 2.45) is 0 Å². The van der Waals surface area contributed by atoms with Crippen LogP contribution in [-0.2, 0) is 33.7 Å². The monoisotopic (exact) mass is 460 g/mol. The fourth-order valence-electron chi connectivity index (χ4n) is 3.75. The number of nitrogens with zero attached hydrogens (tertiary/aromatic N) is 1. The smallest absolute Gasteiger partial charge is 0.243 e. The van der Waals surface area contributed by atoms with Crippen LogP contribution in [0.5, 0.6) is 5.75 Å². The molecule has 3 rings (SSSR count). The maximum absolute atomic E-state index is 13.6. The van der Waals surface area contributed by atoms with Gasteiger partial charge in [-0.3, -0.25) is 9.59 Å². The molecule has 0 aliphatic heterocycles. The molecule has 0 aromatic heterocycles. The number of hydrogen-bond acceptors (Lipinski definition) is 4. The highest BCUT2D eigenvalue weighted by molar-refractivity contribution is 5.88. The first-order chi connectivity index (χ1) is 16.6. The average Bonchev–Trinajstić information content (AvgIpc) is 2.87. The van der Waals surface area contributed by atoms with Gasteiger partial charge in [0, 0.05) is 26.6 Å². The van der Waals surface area contributed by atoms with E-state index in [-0.39, 0.29) is 18.2 Å². The second-order valence-electron chi connectivity index (χ2n) is 8.02. The highest BCUT2D eigenvalue weighted by Crippen LogP contribution is 2.18. The minimum absolute atomic E-state index is 0.107. The SMILES string of the molecule is COCCNC(=O)C(Cc1ccccc1)N(Cc1ccc(OC)cc1)C(=O)Cc1ccccc1. The van der Waals surface area contributed by atoms with Gasteiger partial charge < -0.3 is 19.7 Å². The Balaban J connectivity index is 1.92. The van der Waals surface area contributed by atoms with E-state index in [4.69, 9.17) is 9.47 Å². The van der Waals surface area contributed by atoms with Gasteiger partial charge in [-0.25, -0.2) is 0 Å². The van der Waals surface area contributed by atoms with Gasteiger partial charge in [0.2, 0.25) is 11.8 Å². The first-order valence-corrected chi connectivity index (χ1v) is 11.4. The highest BCUT2D eigenvalue weighted by Gasteiger charge is 2.30. The predicted molar refractivity (Wildman–Crippen MR) is 133 cm³/mol. The van der Waals surface area contributed by atoms with Gasteiger partial charge in [-0.1, -0.05) is 72.8 Å². The van der Waals surface area contributed by atoms with E-state index in [2.05, 4.69) is 5.32 Å². The molecule has 0 aliphatic carbocycles. The van der Waals surface area contributed by atoms with Gasteiger partial charge in [-0.2, -0.15) is 0 Å². The van der Waals surface area contributed by atoms with Crippen LogP contribution in [0.25, 0.3) is 0 Å². The first-order valence-electron chi connectivity index (χ1n) is 11.4. The zero-order chi connectivity index (χ0) is 24.2. The van der Waals surface area contributed by atoms with Crippen molar-refractivity contribution in [3.63, 3.8) is 0 Å². The third kappa shape index (κ3) is 7.46. The number of nitrogens with one attached hydrogen (secondary N) is 1. The Morgan fingerprint density at radius 2 is 1.44 bits per heavy atom. The van der Waals surface area contributed by atoms with Crippen molar-refractivity contribution in [1.29, 1.82) is 0 Å². The van der Waals surface area contributed by atoms with Gasteiger partial charge in [-0.15, -0.1) is 0 Å². The van der Waals surface area contributed by atoms with Gasteiger partial charge in [0.15, 0.2) is 0 Å². The molecule has 1 N–H and O–H groups in total. The third-order valence-electron chi connectivity index (χ3n) is 5.59. The van der Waals surface area contributed by atoms with Crippen molar-refractivity contribution in [2.45, 2.75) is 25.4 Å². The summed E-state index contributed by atoms with van der Waals surface area (Å²) in [5.74, 6) is 0.435. The summed E-state index contributed by atoms with van der Waals surface area (Å²) in [4.78, 5) is 28.6. The summed E-state index contributed by atoms with van der Waals surface area (Å²) in [5, 5.41) is 2.93. The lowest BCUT2D eigenvalue weighted by molar-refractivity contribution is -0.140. The van der Waals surface area contributed by atoms with Crippen molar-refractivity contribution in [3.8, 4) is 5.75 Å². The van der Waals surface area contributed by atoms with E-state index < -0.39 is 6.04 Å². The molecule has 2 amide bonds. The lowest BCUT2D eigenvalue weighted by Crippen LogP contribution is -2.51. The van der Waals surface area contributed by atoms with Crippen LogP contribution < -0.4 is 10.1 Å². The summed E-state index contributed by atoms with van der Waals surface area (Å²) < 4.78 is 10.4. The fraction of sp³-hybridized carbons (Fsp3) is 0.286. The van der Waals surface area contributed by atoms with Crippen LogP contribution in [0.2, 0.25) is 0 Å². The zero-order valence-corrected chi connectivity index (χ0v) is 19.8. The van der Waals surface area contributed by atoms with Crippen LogP contribution in [0.1, 0.15) is 16.7 Å². The van der Waals surface area contributed by atoms with Gasteiger partial charge in [-0.05, 0) is 28.8 Å². The normalized spacial score (nSPS) is 11.5. The van der Waals surface area contributed by atoms with E-state index in [9.17, 15) is 9.59 Å². The standard InChI is InChI=1S/C28H32N2O4/c1-33-18-17-29-28(32)26(19-22-9-5-3-6-10-22)30(21-24-13-15-25(34-2)16-14-24)27(31)20-23-11-7-4-8-12-23/h3-16,26H,17-21H2,1-2H3,(H,29,32). The number of rotatable bonds is 12. The molecule has 1 atom stereocenters. The number of ether oxygens (including phenoxy) is 2. The van der Waals surface area contributed by atoms with E-state index in [0.29, 0.717) is 26.1 Å². The summed E-state index contributed by atoms with van der Waals surface area (Å²) in [6.07, 6.45) is 0.629. The summed E-state index contributed by atoms with van der Waals surface area (Å²) >= 11 is 0. The minimum Gasteiger partial charge on any atom is -0.497 e. The zero-order valence-electron chi connectivity index (χ0n) is 19.8. The van der Waals surface area contributed by atoms with Gasteiger partial charge in [0.1, 0.15) is 11.8 Å². The Hall–Kier alpha value is -3.64. The molecule has 0 heterocycles. The molecule has 3 aromatic carbocycles. The van der Waals surface area contributed by atoms with Gasteiger partial charge in [0.25, 0.3) is 0 Å². The first kappa shape index (κ1) is 25.0. The molecule has 0 bridgehead atoms. The van der Waals surface area contributed by atoms with E-state index in [0.717, 1.165) is 22.4 Å². The summed E-state index contributed by atoms with van der Waals surface area (Å²) in [6.45, 7) is 1.09. The molecular formula is C28H32N2O4. The predicted octanol–water partition coefficient (Wildman–Crippen LogP) is 3.64. The Kier molecular flexibility index (Phi) is 9.67. The van der Waals surface area contributed by atoms with Crippen molar-refractivity contribution >= 4 is 11.8 Å². The quantitative estimate of drug-likeness (QED) is 0.419. The molecule has 3 aromatic rings. The number of methoxy groups -OCH3 is 2. The van der Waals surface area contributed by atoms with E-state index in [1.54, 1.807) is 19.1 Å². The molecule has 178 valence electrons. The fourth-order valence-corrected chi connectivity index (χ4v) is 3.75. The number of benzene rings is 3. The Morgan fingerprint density at radius 3 is 2.03 bits per heavy atom. The van der Waals surface area contributed by atoms with Gasteiger partial charge >= 0.3 is 0 Å². The molecule has 1 unspecified atom stereocenters. The Labute approximate surface area is 201 Å². The minimum atomic E-state index is -0.669. The highest BCUT2D eigenvalue weighted by atomic mass is 16.5. The molecule has 0 saturated heterocycles. The van der Waals surface area contributed by atoms with Gasteiger partial charge in [0.05, 0.1) is 20.1 Å². The Morgan fingerprint density at radius 1 is 0.824 bits per heavy atom. The number of carbonyl (C=O) groups is 2. The average molecular weight is 461 g/mol. The Bertz CT molecular complexity index is 1020. The lowest BCUT2D eigenvalue weighted by atomic mass is 10.0. The van der Waals surface area contributed by atoms with Crippen molar-refractivity contribution in [3.05, 3.63) is 102 Å². The van der Waals surface area contributed by atoms with Crippen LogP contribution in [-0.4, -0.2) is 50.1 Å². The molecule has 0 aliphatic rings. The van der Waals surface area contributed by atoms with Crippen LogP contribution >= 0.6 is 0 Å². The number of amides is 2. The molecule has 34 heavy (non-hydrogen) atoms. The van der Waals surface area contributed by atoms with Crippen LogP contribution in [0.15, 0.2) is 84.9 Å². The summed E-state index contributed by atoms with van der Waals surface area (Å²) in [6, 6.07) is 26.3. The van der Waals surface area contributed by atoms with E-state index >= 15 is 0 Å². The topological polar surface area (TPSA) is 67.9 Å². The molecule has 6 nitrogen and oxygen atoms in total. The van der Waals surface area contributed by atoms with E-state index in [1.807, 2.05) is 84.9 Å².